The summed E-state index contributed by atoms with van der Waals surface area (Å²) in [5.41, 5.74) is 3.25. The van der Waals surface area contributed by atoms with E-state index < -0.39 is 13.9 Å². The summed E-state index contributed by atoms with van der Waals surface area (Å²) >= 11 is 0. The molecule has 3 nitrogen and oxygen atoms in total. The van der Waals surface area contributed by atoms with Crippen LogP contribution >= 0.6 is 0 Å². The second-order valence-corrected chi connectivity index (χ2v) is 12.8. The maximum absolute atomic E-state index is 12.0. The summed E-state index contributed by atoms with van der Waals surface area (Å²) in [4.78, 5) is 12.0. The number of ketones is 1. The number of carbonyl (C=O) groups is 1. The van der Waals surface area contributed by atoms with Crippen LogP contribution in [0.2, 0.25) is 19.6 Å². The van der Waals surface area contributed by atoms with E-state index in [1.54, 1.807) is 6.08 Å². The predicted octanol–water partition coefficient (Wildman–Crippen LogP) is 3.48. The molecule has 1 aliphatic carbocycles. The van der Waals surface area contributed by atoms with Gasteiger partial charge in [-0.25, -0.2) is 0 Å². The Balaban J connectivity index is 2.11. The molecule has 112 valence electrons. The summed E-state index contributed by atoms with van der Waals surface area (Å²) in [5.74, 6) is -0.331. The van der Waals surface area contributed by atoms with Gasteiger partial charge in [-0.1, -0.05) is 31.4 Å². The lowest BCUT2D eigenvalue weighted by molar-refractivity contribution is -0.285. The van der Waals surface area contributed by atoms with Gasteiger partial charge in [-0.2, -0.15) is 0 Å². The van der Waals surface area contributed by atoms with E-state index in [0.717, 1.165) is 12.0 Å². The van der Waals surface area contributed by atoms with Crippen LogP contribution in [0.4, 0.5) is 0 Å². The van der Waals surface area contributed by atoms with Gasteiger partial charge in [0.05, 0.1) is 21.3 Å². The van der Waals surface area contributed by atoms with E-state index in [-0.39, 0.29) is 11.2 Å². The minimum atomic E-state index is -1.24. The highest BCUT2D eigenvalue weighted by atomic mass is 28.3. The normalized spacial score (nSPS) is 26.1. The average Bonchev–Trinajstić information content (AvgIpc) is 2.30. The lowest BCUT2D eigenvalue weighted by Gasteiger charge is -2.44. The summed E-state index contributed by atoms with van der Waals surface area (Å²) in [6.45, 7) is 11.9. The second-order valence-electron chi connectivity index (χ2n) is 7.72. The molecule has 0 aromatic rings. The van der Waals surface area contributed by atoms with Gasteiger partial charge >= 0.3 is 0 Å². The van der Waals surface area contributed by atoms with E-state index in [2.05, 4.69) is 31.4 Å². The minimum Gasteiger partial charge on any atom is -0.350 e. The molecule has 0 amide bonds. The minimum absolute atomic E-state index is 0.166. The molecule has 20 heavy (non-hydrogen) atoms. The topological polar surface area (TPSA) is 35.5 Å². The van der Waals surface area contributed by atoms with Gasteiger partial charge in [0.1, 0.15) is 0 Å². The molecule has 0 saturated carbocycles. The average molecular weight is 294 g/mol. The summed E-state index contributed by atoms with van der Waals surface area (Å²) in [6, 6.07) is 0. The van der Waals surface area contributed by atoms with E-state index in [1.807, 2.05) is 13.8 Å². The Morgan fingerprint density at radius 2 is 1.75 bits per heavy atom. The largest absolute Gasteiger partial charge is 0.350 e. The molecule has 1 aliphatic heterocycles. The fourth-order valence-electron chi connectivity index (χ4n) is 2.58. The quantitative estimate of drug-likeness (QED) is 0.731. The van der Waals surface area contributed by atoms with E-state index in [9.17, 15) is 4.79 Å². The van der Waals surface area contributed by atoms with Crippen LogP contribution in [0.15, 0.2) is 23.4 Å². The molecule has 1 heterocycles. The van der Waals surface area contributed by atoms with Gasteiger partial charge in [0.25, 0.3) is 0 Å². The summed E-state index contributed by atoms with van der Waals surface area (Å²) < 4.78 is 11.6. The lowest BCUT2D eigenvalue weighted by Crippen LogP contribution is -2.48. The monoisotopic (exact) mass is 294 g/mol. The molecule has 1 saturated heterocycles. The molecule has 0 aromatic heterocycles. The van der Waals surface area contributed by atoms with Gasteiger partial charge in [-0.05, 0) is 31.9 Å². The van der Waals surface area contributed by atoms with Crippen molar-refractivity contribution in [3.8, 4) is 0 Å². The molecule has 0 atom stereocenters. The Morgan fingerprint density at radius 1 is 1.15 bits per heavy atom. The molecule has 0 radical (unpaired) electrons. The third-order valence-corrected chi connectivity index (χ3v) is 4.89. The molecule has 0 unspecified atom stereocenters. The first kappa shape index (κ1) is 15.7. The van der Waals surface area contributed by atoms with Crippen molar-refractivity contribution in [3.63, 3.8) is 0 Å². The van der Waals surface area contributed by atoms with Crippen molar-refractivity contribution >= 4 is 13.9 Å². The Morgan fingerprint density at radius 3 is 2.30 bits per heavy atom. The summed E-state index contributed by atoms with van der Waals surface area (Å²) in [5, 5.41) is 0. The maximum atomic E-state index is 12.0. The third-order valence-electron chi connectivity index (χ3n) is 3.72. The van der Waals surface area contributed by atoms with Crippen LogP contribution in [0.1, 0.15) is 26.7 Å². The first-order chi connectivity index (χ1) is 9.09. The zero-order valence-corrected chi connectivity index (χ0v) is 14.3. The fraction of sp³-hybridized carbons (Fsp3) is 0.688. The Labute approximate surface area is 123 Å². The molecule has 2 aliphatic rings. The third kappa shape index (κ3) is 4.14. The van der Waals surface area contributed by atoms with Crippen molar-refractivity contribution in [2.75, 3.05) is 13.2 Å². The predicted molar refractivity (Wildman–Crippen MR) is 83.2 cm³/mol. The molecule has 1 fully saturated rings. The van der Waals surface area contributed by atoms with Crippen LogP contribution in [-0.2, 0) is 14.3 Å². The van der Waals surface area contributed by atoms with Gasteiger partial charge in [0.2, 0.25) is 0 Å². The highest BCUT2D eigenvalue weighted by Gasteiger charge is 2.43. The van der Waals surface area contributed by atoms with E-state index >= 15 is 0 Å². The second kappa shape index (κ2) is 5.24. The van der Waals surface area contributed by atoms with Crippen molar-refractivity contribution in [3.05, 3.63) is 23.4 Å². The SMILES string of the molecule is CC1(C)OCC2(CO1)CC(=O)C=C(/C=C/[Si](C)(C)C)C2. The van der Waals surface area contributed by atoms with E-state index in [0.29, 0.717) is 19.6 Å². The van der Waals surface area contributed by atoms with Gasteiger partial charge in [-0.3, -0.25) is 4.79 Å². The number of hydrogen-bond donors (Lipinski definition) is 0. The lowest BCUT2D eigenvalue weighted by atomic mass is 9.74. The van der Waals surface area contributed by atoms with E-state index in [1.165, 1.54) is 0 Å². The van der Waals surface area contributed by atoms with Crippen molar-refractivity contribution in [1.82, 2.24) is 0 Å². The number of carbonyl (C=O) groups excluding carboxylic acids is 1. The molecular weight excluding hydrogens is 268 g/mol. The van der Waals surface area contributed by atoms with Gasteiger partial charge in [0, 0.05) is 11.8 Å². The molecule has 0 aromatic carbocycles. The smallest absolute Gasteiger partial charge is 0.162 e. The first-order valence-corrected chi connectivity index (χ1v) is 10.9. The van der Waals surface area contributed by atoms with Crippen molar-refractivity contribution < 1.29 is 14.3 Å². The number of allylic oxidation sites excluding steroid dienone is 3. The number of hydrogen-bond acceptors (Lipinski definition) is 3. The highest BCUT2D eigenvalue weighted by Crippen LogP contribution is 2.41. The maximum Gasteiger partial charge on any atom is 0.162 e. The van der Waals surface area contributed by atoms with Crippen LogP contribution in [-0.4, -0.2) is 32.9 Å². The number of rotatable bonds is 2. The zero-order chi connectivity index (χ0) is 15.0. The summed E-state index contributed by atoms with van der Waals surface area (Å²) in [6.07, 6.45) is 5.34. The Hall–Kier alpha value is -0.713. The van der Waals surface area contributed by atoms with Crippen LogP contribution in [0.5, 0.6) is 0 Å². The first-order valence-electron chi connectivity index (χ1n) is 7.30. The zero-order valence-electron chi connectivity index (χ0n) is 13.3. The molecule has 2 rings (SSSR count). The molecule has 0 N–H and O–H groups in total. The van der Waals surface area contributed by atoms with Crippen LogP contribution in [0.25, 0.3) is 0 Å². The summed E-state index contributed by atoms with van der Waals surface area (Å²) in [7, 11) is -1.24. The van der Waals surface area contributed by atoms with Crippen molar-refractivity contribution in [1.29, 1.82) is 0 Å². The molecule has 1 spiro atoms. The van der Waals surface area contributed by atoms with Gasteiger partial charge in [0.15, 0.2) is 11.6 Å². The van der Waals surface area contributed by atoms with Gasteiger partial charge in [-0.15, -0.1) is 0 Å². The van der Waals surface area contributed by atoms with Crippen molar-refractivity contribution in [2.45, 2.75) is 52.1 Å². The Bertz CT molecular complexity index is 445. The molecule has 4 heteroatoms. The van der Waals surface area contributed by atoms with Crippen LogP contribution < -0.4 is 0 Å². The van der Waals surface area contributed by atoms with Crippen LogP contribution in [0, 0.1) is 5.41 Å². The highest BCUT2D eigenvalue weighted by molar-refractivity contribution is 6.81. The van der Waals surface area contributed by atoms with Crippen LogP contribution in [0.3, 0.4) is 0 Å². The van der Waals surface area contributed by atoms with Gasteiger partial charge < -0.3 is 9.47 Å². The Kier molecular flexibility index (Phi) is 4.11. The number of ether oxygens (including phenoxy) is 2. The standard InChI is InChI=1S/C16H26O3Si/c1-15(2)18-11-16(12-19-15)9-13(8-14(17)10-16)6-7-20(3,4)5/h6-8H,9-12H2,1-5H3/b7-6+. The molecule has 0 bridgehead atoms. The van der Waals surface area contributed by atoms with Crippen molar-refractivity contribution in [2.24, 2.45) is 5.41 Å². The molecular formula is C16H26O3Si. The fourth-order valence-corrected chi connectivity index (χ4v) is 3.29. The van der Waals surface area contributed by atoms with E-state index in [4.69, 9.17) is 9.47 Å².